The molecule has 0 saturated carbocycles. The second-order valence-corrected chi connectivity index (χ2v) is 4.88. The molecule has 0 aliphatic carbocycles. The minimum atomic E-state index is 0.743. The first kappa shape index (κ1) is 12.0. The first-order valence-corrected chi connectivity index (χ1v) is 6.19. The highest BCUT2D eigenvalue weighted by Crippen LogP contribution is 2.22. The van der Waals surface area contributed by atoms with E-state index >= 15 is 0 Å². The summed E-state index contributed by atoms with van der Waals surface area (Å²) in [4.78, 5) is 8.53. The average molecular weight is 292 g/mol. The van der Waals surface area contributed by atoms with Gasteiger partial charge in [0.2, 0.25) is 0 Å². The van der Waals surface area contributed by atoms with E-state index in [0.717, 1.165) is 21.9 Å². The molecule has 17 heavy (non-hydrogen) atoms. The van der Waals surface area contributed by atoms with Crippen LogP contribution in [0.2, 0.25) is 0 Å². The third kappa shape index (κ3) is 3.03. The molecule has 2 rings (SSSR count). The summed E-state index contributed by atoms with van der Waals surface area (Å²) in [5.74, 6) is 1.55. The molecule has 1 heterocycles. The molecule has 0 spiro atoms. The van der Waals surface area contributed by atoms with E-state index in [9.17, 15) is 0 Å². The zero-order chi connectivity index (χ0) is 12.4. The Bertz CT molecular complexity index is 532. The molecule has 0 fully saturated rings. The molecule has 0 saturated heterocycles. The lowest BCUT2D eigenvalue weighted by atomic mass is 10.1. The van der Waals surface area contributed by atoms with Gasteiger partial charge in [0.15, 0.2) is 0 Å². The van der Waals surface area contributed by atoms with E-state index in [1.165, 1.54) is 11.1 Å². The Kier molecular flexibility index (Phi) is 3.43. The number of benzene rings is 1. The molecule has 4 heteroatoms. The number of aromatic nitrogens is 2. The van der Waals surface area contributed by atoms with Gasteiger partial charge in [-0.2, -0.15) is 0 Å². The summed E-state index contributed by atoms with van der Waals surface area (Å²) >= 11 is 3.37. The van der Waals surface area contributed by atoms with Gasteiger partial charge in [-0.3, -0.25) is 0 Å². The summed E-state index contributed by atoms with van der Waals surface area (Å²) in [6.45, 7) is 6.02. The fraction of sp³-hybridized carbons (Fsp3) is 0.231. The van der Waals surface area contributed by atoms with Crippen molar-refractivity contribution in [3.05, 3.63) is 45.8 Å². The lowest BCUT2D eigenvalue weighted by Crippen LogP contribution is -1.99. The molecule has 0 aliphatic heterocycles. The van der Waals surface area contributed by atoms with Gasteiger partial charge < -0.3 is 5.32 Å². The zero-order valence-corrected chi connectivity index (χ0v) is 11.7. The second-order valence-electron chi connectivity index (χ2n) is 4.07. The number of nitrogens with zero attached hydrogens (tertiary/aromatic N) is 2. The maximum Gasteiger partial charge on any atom is 0.135 e. The van der Waals surface area contributed by atoms with Crippen LogP contribution in [0, 0.1) is 20.8 Å². The Balaban J connectivity index is 2.34. The summed E-state index contributed by atoms with van der Waals surface area (Å²) in [5, 5.41) is 3.31. The fourth-order valence-electron chi connectivity index (χ4n) is 1.60. The minimum absolute atomic E-state index is 0.743. The average Bonchev–Trinajstić information content (AvgIpc) is 2.22. The quantitative estimate of drug-likeness (QED) is 0.853. The van der Waals surface area contributed by atoms with Crippen LogP contribution in [0.5, 0.6) is 0 Å². The number of rotatable bonds is 2. The number of hydrogen-bond donors (Lipinski definition) is 1. The highest BCUT2D eigenvalue weighted by molar-refractivity contribution is 9.10. The highest BCUT2D eigenvalue weighted by atomic mass is 79.9. The van der Waals surface area contributed by atoms with Gasteiger partial charge in [-0.1, -0.05) is 12.1 Å². The molecule has 0 bridgehead atoms. The number of halogens is 1. The fourth-order valence-corrected chi connectivity index (χ4v) is 2.08. The third-order valence-corrected chi connectivity index (χ3v) is 2.87. The van der Waals surface area contributed by atoms with Gasteiger partial charge in [0.1, 0.15) is 16.2 Å². The Morgan fingerprint density at radius 2 is 1.82 bits per heavy atom. The van der Waals surface area contributed by atoms with E-state index < -0.39 is 0 Å². The summed E-state index contributed by atoms with van der Waals surface area (Å²) in [6.07, 6.45) is 0. The van der Waals surface area contributed by atoms with E-state index in [1.54, 1.807) is 0 Å². The van der Waals surface area contributed by atoms with Crippen molar-refractivity contribution in [3.63, 3.8) is 0 Å². The van der Waals surface area contributed by atoms with Crippen molar-refractivity contribution in [1.29, 1.82) is 0 Å². The van der Waals surface area contributed by atoms with E-state index in [-0.39, 0.29) is 0 Å². The number of anilines is 2. The molecule has 2 aromatic rings. The molecule has 1 aromatic carbocycles. The third-order valence-electron chi connectivity index (χ3n) is 2.46. The largest absolute Gasteiger partial charge is 0.340 e. The summed E-state index contributed by atoms with van der Waals surface area (Å²) < 4.78 is 0.790. The SMILES string of the molecule is Cc1ccc(C)c(Nc2cc(Br)nc(C)n2)c1. The zero-order valence-electron chi connectivity index (χ0n) is 10.1. The van der Waals surface area contributed by atoms with Gasteiger partial charge in [-0.05, 0) is 53.9 Å². The van der Waals surface area contributed by atoms with Gasteiger partial charge in [0.05, 0.1) is 0 Å². The topological polar surface area (TPSA) is 37.8 Å². The van der Waals surface area contributed by atoms with Crippen molar-refractivity contribution in [1.82, 2.24) is 9.97 Å². The molecule has 0 unspecified atom stereocenters. The number of aryl methyl sites for hydroxylation is 3. The van der Waals surface area contributed by atoms with Gasteiger partial charge >= 0.3 is 0 Å². The van der Waals surface area contributed by atoms with Gasteiger partial charge in [0, 0.05) is 11.8 Å². The summed E-state index contributed by atoms with van der Waals surface area (Å²) in [6, 6.07) is 8.18. The molecule has 1 N–H and O–H groups in total. The number of hydrogen-bond acceptors (Lipinski definition) is 3. The van der Waals surface area contributed by atoms with Crippen LogP contribution in [-0.2, 0) is 0 Å². The van der Waals surface area contributed by atoms with Crippen LogP contribution in [0.4, 0.5) is 11.5 Å². The lowest BCUT2D eigenvalue weighted by Gasteiger charge is -2.10. The standard InChI is InChI=1S/C13H14BrN3/c1-8-4-5-9(2)11(6-8)17-13-7-12(14)15-10(3)16-13/h4-7H,1-3H3,(H,15,16,17). The number of nitrogens with one attached hydrogen (secondary N) is 1. The first-order valence-electron chi connectivity index (χ1n) is 5.40. The normalized spacial score (nSPS) is 10.4. The van der Waals surface area contributed by atoms with E-state index in [0.29, 0.717) is 0 Å². The van der Waals surface area contributed by atoms with E-state index in [4.69, 9.17) is 0 Å². The molecule has 1 aromatic heterocycles. The van der Waals surface area contributed by atoms with Crippen molar-refractivity contribution in [3.8, 4) is 0 Å². The van der Waals surface area contributed by atoms with Crippen molar-refractivity contribution < 1.29 is 0 Å². The predicted octanol–water partition coefficient (Wildman–Crippen LogP) is 3.91. The molecular weight excluding hydrogens is 278 g/mol. The molecule has 3 nitrogen and oxygen atoms in total. The second kappa shape index (κ2) is 4.84. The van der Waals surface area contributed by atoms with Crippen LogP contribution in [0.25, 0.3) is 0 Å². The van der Waals surface area contributed by atoms with Gasteiger partial charge in [-0.15, -0.1) is 0 Å². The van der Waals surface area contributed by atoms with Crippen LogP contribution in [0.3, 0.4) is 0 Å². The van der Waals surface area contributed by atoms with Crippen LogP contribution in [-0.4, -0.2) is 9.97 Å². The van der Waals surface area contributed by atoms with E-state index in [2.05, 4.69) is 63.3 Å². The van der Waals surface area contributed by atoms with Crippen LogP contribution >= 0.6 is 15.9 Å². The lowest BCUT2D eigenvalue weighted by molar-refractivity contribution is 1.04. The van der Waals surface area contributed by atoms with Crippen molar-refractivity contribution in [2.75, 3.05) is 5.32 Å². The maximum atomic E-state index is 4.35. The van der Waals surface area contributed by atoms with Crippen LogP contribution < -0.4 is 5.32 Å². The monoisotopic (exact) mass is 291 g/mol. The van der Waals surface area contributed by atoms with Crippen LogP contribution in [0.1, 0.15) is 17.0 Å². The molecule has 0 radical (unpaired) electrons. The maximum absolute atomic E-state index is 4.35. The molecule has 0 amide bonds. The Morgan fingerprint density at radius 3 is 2.53 bits per heavy atom. The molecule has 88 valence electrons. The minimum Gasteiger partial charge on any atom is -0.340 e. The Labute approximate surface area is 109 Å². The van der Waals surface area contributed by atoms with Crippen molar-refractivity contribution in [2.45, 2.75) is 20.8 Å². The van der Waals surface area contributed by atoms with Crippen molar-refractivity contribution in [2.24, 2.45) is 0 Å². The first-order chi connectivity index (χ1) is 8.04. The highest BCUT2D eigenvalue weighted by Gasteiger charge is 2.03. The summed E-state index contributed by atoms with van der Waals surface area (Å²) in [5.41, 5.74) is 3.50. The van der Waals surface area contributed by atoms with Crippen LogP contribution in [0.15, 0.2) is 28.9 Å². The molecule has 0 atom stereocenters. The molecule has 0 aliphatic rings. The predicted molar refractivity (Wildman–Crippen MR) is 73.7 cm³/mol. The Hall–Kier alpha value is -1.42. The van der Waals surface area contributed by atoms with Gasteiger partial charge in [-0.25, -0.2) is 9.97 Å². The smallest absolute Gasteiger partial charge is 0.135 e. The van der Waals surface area contributed by atoms with Gasteiger partial charge in [0.25, 0.3) is 0 Å². The molecular formula is C13H14BrN3. The summed E-state index contributed by atoms with van der Waals surface area (Å²) in [7, 11) is 0. The van der Waals surface area contributed by atoms with Crippen molar-refractivity contribution >= 4 is 27.4 Å². The van der Waals surface area contributed by atoms with E-state index in [1.807, 2.05) is 13.0 Å². The Morgan fingerprint density at radius 1 is 1.06 bits per heavy atom.